The van der Waals surface area contributed by atoms with Gasteiger partial charge in [-0.2, -0.15) is 0 Å². The minimum absolute atomic E-state index is 0.0468. The fraction of sp³-hybridized carbons (Fsp3) is 0.579. The number of amides is 3. The number of nitrogens with zero attached hydrogens (tertiary/aromatic N) is 1. The standard InChI is InChI=1S/C19H24FN3O2/c20-15-6-4-14(5-7-15)12-22(16-8-9-16)13-23-17(24)19(21-18(23)25)10-2-1-3-11-19/h4-7,16H,1-3,8-13H2,(H,21,25)/p+1. The Kier molecular flexibility index (Phi) is 4.23. The molecule has 134 valence electrons. The third-order valence-electron chi connectivity index (χ3n) is 5.81. The predicted molar refractivity (Wildman–Crippen MR) is 90.1 cm³/mol. The Morgan fingerprint density at radius 1 is 1.12 bits per heavy atom. The highest BCUT2D eigenvalue weighted by molar-refractivity contribution is 6.06. The summed E-state index contributed by atoms with van der Waals surface area (Å²) in [6.07, 6.45) is 6.87. The Hall–Kier alpha value is -1.95. The Morgan fingerprint density at radius 3 is 2.44 bits per heavy atom. The van der Waals surface area contributed by atoms with Crippen LogP contribution in [0, 0.1) is 5.82 Å². The van der Waals surface area contributed by atoms with Crippen molar-refractivity contribution in [3.63, 3.8) is 0 Å². The molecule has 4 rings (SSSR count). The highest BCUT2D eigenvalue weighted by atomic mass is 19.1. The average Bonchev–Trinajstić information content (AvgIpc) is 3.42. The molecule has 1 unspecified atom stereocenters. The number of imide groups is 1. The first kappa shape index (κ1) is 16.5. The first-order valence-corrected chi connectivity index (χ1v) is 9.30. The van der Waals surface area contributed by atoms with Crippen LogP contribution in [0.4, 0.5) is 9.18 Å². The van der Waals surface area contributed by atoms with Crippen LogP contribution in [0.2, 0.25) is 0 Å². The van der Waals surface area contributed by atoms with E-state index >= 15 is 0 Å². The lowest BCUT2D eigenvalue weighted by Gasteiger charge is -2.30. The van der Waals surface area contributed by atoms with Crippen molar-refractivity contribution in [2.45, 2.75) is 63.1 Å². The van der Waals surface area contributed by atoms with E-state index < -0.39 is 5.54 Å². The summed E-state index contributed by atoms with van der Waals surface area (Å²) in [4.78, 5) is 28.0. The highest BCUT2D eigenvalue weighted by Gasteiger charge is 2.53. The van der Waals surface area contributed by atoms with E-state index in [2.05, 4.69) is 5.32 Å². The zero-order valence-electron chi connectivity index (χ0n) is 14.4. The van der Waals surface area contributed by atoms with Crippen molar-refractivity contribution in [2.24, 2.45) is 0 Å². The van der Waals surface area contributed by atoms with E-state index in [0.717, 1.165) is 50.5 Å². The molecule has 5 nitrogen and oxygen atoms in total. The van der Waals surface area contributed by atoms with Crippen LogP contribution in [0.3, 0.4) is 0 Å². The summed E-state index contributed by atoms with van der Waals surface area (Å²) in [7, 11) is 0. The van der Waals surface area contributed by atoms with Gasteiger partial charge in [0.05, 0.1) is 6.04 Å². The molecule has 0 bridgehead atoms. The molecule has 1 aromatic rings. The van der Waals surface area contributed by atoms with Gasteiger partial charge in [-0.25, -0.2) is 14.1 Å². The quantitative estimate of drug-likeness (QED) is 0.796. The van der Waals surface area contributed by atoms with Crippen molar-refractivity contribution in [1.82, 2.24) is 10.2 Å². The summed E-state index contributed by atoms with van der Waals surface area (Å²) in [5.41, 5.74) is 0.377. The SMILES string of the molecule is O=C1NC2(CCCCC2)C(=O)N1C[NH+](Cc1ccc(F)cc1)C1CC1. The van der Waals surface area contributed by atoms with E-state index in [-0.39, 0.29) is 17.8 Å². The second kappa shape index (κ2) is 6.41. The van der Waals surface area contributed by atoms with Crippen molar-refractivity contribution in [1.29, 1.82) is 0 Å². The van der Waals surface area contributed by atoms with Gasteiger partial charge in [-0.1, -0.05) is 31.4 Å². The van der Waals surface area contributed by atoms with Crippen molar-refractivity contribution >= 4 is 11.9 Å². The van der Waals surface area contributed by atoms with Gasteiger partial charge < -0.3 is 10.2 Å². The van der Waals surface area contributed by atoms with Crippen LogP contribution in [0.25, 0.3) is 0 Å². The number of hydrogen-bond acceptors (Lipinski definition) is 2. The number of halogens is 1. The van der Waals surface area contributed by atoms with Gasteiger partial charge in [0.25, 0.3) is 5.91 Å². The maximum absolute atomic E-state index is 13.1. The van der Waals surface area contributed by atoms with E-state index in [9.17, 15) is 14.0 Å². The number of hydrogen-bond donors (Lipinski definition) is 2. The Labute approximate surface area is 147 Å². The lowest BCUT2D eigenvalue weighted by molar-refractivity contribution is -0.931. The third kappa shape index (κ3) is 3.27. The van der Waals surface area contributed by atoms with Gasteiger partial charge in [-0.15, -0.1) is 0 Å². The molecule has 2 aliphatic carbocycles. The van der Waals surface area contributed by atoms with E-state index in [0.29, 0.717) is 19.3 Å². The first-order chi connectivity index (χ1) is 12.1. The van der Waals surface area contributed by atoms with E-state index in [1.54, 1.807) is 12.1 Å². The maximum Gasteiger partial charge on any atom is 0.329 e. The molecule has 1 aromatic carbocycles. The fourth-order valence-corrected chi connectivity index (χ4v) is 4.20. The van der Waals surface area contributed by atoms with Crippen molar-refractivity contribution < 1.29 is 18.9 Å². The lowest BCUT2D eigenvalue weighted by Crippen LogP contribution is -3.13. The van der Waals surface area contributed by atoms with Gasteiger partial charge in [0, 0.05) is 18.4 Å². The number of rotatable bonds is 5. The number of urea groups is 1. The van der Waals surface area contributed by atoms with Gasteiger partial charge in [-0.3, -0.25) is 4.79 Å². The van der Waals surface area contributed by atoms with Gasteiger partial charge in [-0.05, 0) is 25.0 Å². The largest absolute Gasteiger partial charge is 0.329 e. The van der Waals surface area contributed by atoms with Gasteiger partial charge in [0.15, 0.2) is 6.67 Å². The van der Waals surface area contributed by atoms with E-state index in [1.807, 2.05) is 0 Å². The molecule has 25 heavy (non-hydrogen) atoms. The minimum atomic E-state index is -0.653. The van der Waals surface area contributed by atoms with Gasteiger partial charge in [0.2, 0.25) is 0 Å². The van der Waals surface area contributed by atoms with Crippen LogP contribution in [0.5, 0.6) is 0 Å². The summed E-state index contributed by atoms with van der Waals surface area (Å²) in [6.45, 7) is 1.10. The fourth-order valence-electron chi connectivity index (χ4n) is 4.20. The Bertz CT molecular complexity index is 666. The highest BCUT2D eigenvalue weighted by Crippen LogP contribution is 2.33. The molecule has 1 heterocycles. The van der Waals surface area contributed by atoms with E-state index in [1.165, 1.54) is 21.9 Å². The number of nitrogens with one attached hydrogen (secondary N) is 2. The number of benzene rings is 1. The monoisotopic (exact) mass is 346 g/mol. The molecule has 2 saturated carbocycles. The second-order valence-electron chi connectivity index (χ2n) is 7.70. The summed E-state index contributed by atoms with van der Waals surface area (Å²) >= 11 is 0. The zero-order chi connectivity index (χ0) is 17.4. The summed E-state index contributed by atoms with van der Waals surface area (Å²) in [5, 5.41) is 2.98. The minimum Gasteiger partial charge on any atom is -0.323 e. The molecule has 2 N–H and O–H groups in total. The second-order valence-corrected chi connectivity index (χ2v) is 7.70. The first-order valence-electron chi connectivity index (χ1n) is 9.30. The topological polar surface area (TPSA) is 53.9 Å². The van der Waals surface area contributed by atoms with Crippen molar-refractivity contribution in [3.8, 4) is 0 Å². The third-order valence-corrected chi connectivity index (χ3v) is 5.81. The number of carbonyl (C=O) groups excluding carboxylic acids is 2. The molecule has 1 atom stereocenters. The van der Waals surface area contributed by atoms with Crippen LogP contribution in [-0.4, -0.2) is 35.1 Å². The molecular formula is C19H25FN3O2+. The summed E-state index contributed by atoms with van der Waals surface area (Å²) in [6, 6.07) is 6.73. The Morgan fingerprint density at radius 2 is 1.80 bits per heavy atom. The predicted octanol–water partition coefficient (Wildman–Crippen LogP) is 1.59. The van der Waals surface area contributed by atoms with Crippen LogP contribution in [0.15, 0.2) is 24.3 Å². The van der Waals surface area contributed by atoms with Crippen molar-refractivity contribution in [3.05, 3.63) is 35.6 Å². The molecule has 3 fully saturated rings. The van der Waals surface area contributed by atoms with Crippen LogP contribution < -0.4 is 10.2 Å². The maximum atomic E-state index is 13.1. The number of quaternary nitrogens is 1. The van der Waals surface area contributed by atoms with E-state index in [4.69, 9.17) is 0 Å². The van der Waals surface area contributed by atoms with Crippen molar-refractivity contribution in [2.75, 3.05) is 6.67 Å². The normalized spacial score (nSPS) is 23.8. The molecule has 0 radical (unpaired) electrons. The average molecular weight is 346 g/mol. The molecular weight excluding hydrogens is 321 g/mol. The van der Waals surface area contributed by atoms with Crippen LogP contribution in [0.1, 0.15) is 50.5 Å². The Balaban J connectivity index is 1.47. The van der Waals surface area contributed by atoms with Gasteiger partial charge in [0.1, 0.15) is 17.9 Å². The molecule has 1 aliphatic heterocycles. The number of carbonyl (C=O) groups is 2. The molecule has 1 spiro atoms. The molecule has 3 amide bonds. The van der Waals surface area contributed by atoms with Crippen LogP contribution >= 0.6 is 0 Å². The molecule has 0 aromatic heterocycles. The van der Waals surface area contributed by atoms with Gasteiger partial charge >= 0.3 is 6.03 Å². The molecule has 6 heteroatoms. The molecule has 1 saturated heterocycles. The summed E-state index contributed by atoms with van der Waals surface area (Å²) < 4.78 is 13.1. The zero-order valence-corrected chi connectivity index (χ0v) is 14.4. The lowest BCUT2D eigenvalue weighted by atomic mass is 9.82. The van der Waals surface area contributed by atoms with Crippen LogP contribution in [-0.2, 0) is 11.3 Å². The summed E-state index contributed by atoms with van der Waals surface area (Å²) in [5.74, 6) is -0.292. The smallest absolute Gasteiger partial charge is 0.323 e. The molecule has 3 aliphatic rings.